The molecule has 3 aromatic heterocycles. The summed E-state index contributed by atoms with van der Waals surface area (Å²) in [6.07, 6.45) is 0. The van der Waals surface area contributed by atoms with Crippen molar-refractivity contribution < 1.29 is 0 Å². The third kappa shape index (κ3) is 3.56. The zero-order chi connectivity index (χ0) is 34.1. The monoisotopic (exact) mass is 660 g/mol. The predicted octanol–water partition coefficient (Wildman–Crippen LogP) is 12.4. The highest BCUT2D eigenvalue weighted by molar-refractivity contribution is 6.27. The van der Waals surface area contributed by atoms with Crippen LogP contribution < -0.4 is 5.56 Å². The molecule has 0 aliphatic heterocycles. The summed E-state index contributed by atoms with van der Waals surface area (Å²) in [5.74, 6) is 0. The van der Waals surface area contributed by atoms with Gasteiger partial charge in [0.2, 0.25) is 0 Å². The van der Waals surface area contributed by atoms with Crippen molar-refractivity contribution in [3.63, 3.8) is 0 Å². The van der Waals surface area contributed by atoms with Crippen molar-refractivity contribution in [1.82, 2.24) is 8.97 Å². The van der Waals surface area contributed by atoms with E-state index < -0.39 is 0 Å². The summed E-state index contributed by atoms with van der Waals surface area (Å²) in [5, 5.41) is 15.0. The van der Waals surface area contributed by atoms with E-state index in [2.05, 4.69) is 150 Å². The molecule has 52 heavy (non-hydrogen) atoms. The maximum atomic E-state index is 13.9. The Morgan fingerprint density at radius 2 is 0.731 bits per heavy atom. The molecule has 0 amide bonds. The molecule has 3 heterocycles. The van der Waals surface area contributed by atoms with Crippen molar-refractivity contribution in [1.29, 1.82) is 0 Å². The molecule has 12 aromatic rings. The van der Waals surface area contributed by atoms with E-state index in [0.29, 0.717) is 0 Å². The summed E-state index contributed by atoms with van der Waals surface area (Å²) in [5.41, 5.74) is 7.80. The molecule has 0 saturated carbocycles. The van der Waals surface area contributed by atoms with Crippen LogP contribution in [-0.2, 0) is 0 Å². The van der Waals surface area contributed by atoms with Crippen molar-refractivity contribution in [2.45, 2.75) is 0 Å². The van der Waals surface area contributed by atoms with Crippen LogP contribution in [0.25, 0.3) is 109 Å². The Bertz CT molecular complexity index is 3500. The van der Waals surface area contributed by atoms with Crippen LogP contribution in [0.4, 0.5) is 0 Å². The summed E-state index contributed by atoms with van der Waals surface area (Å²) in [6, 6.07) is 61.0. The molecule has 240 valence electrons. The van der Waals surface area contributed by atoms with E-state index in [9.17, 15) is 4.79 Å². The summed E-state index contributed by atoms with van der Waals surface area (Å²) >= 11 is 0. The van der Waals surface area contributed by atoms with Crippen LogP contribution in [0.15, 0.2) is 175 Å². The van der Waals surface area contributed by atoms with Gasteiger partial charge < -0.3 is 4.57 Å². The number of benzene rings is 9. The maximum absolute atomic E-state index is 13.9. The van der Waals surface area contributed by atoms with Crippen LogP contribution >= 0.6 is 0 Å². The second kappa shape index (κ2) is 10.1. The molecule has 0 N–H and O–H groups in total. The molecular formula is C49H28N2O. The molecule has 9 aromatic carbocycles. The zero-order valence-corrected chi connectivity index (χ0v) is 28.0. The van der Waals surface area contributed by atoms with Crippen LogP contribution in [0.3, 0.4) is 0 Å². The first-order valence-corrected chi connectivity index (χ1v) is 17.8. The molecule has 0 aliphatic rings. The van der Waals surface area contributed by atoms with Gasteiger partial charge in [-0.3, -0.25) is 9.20 Å². The molecule has 12 rings (SSSR count). The van der Waals surface area contributed by atoms with Gasteiger partial charge in [0.05, 0.1) is 22.1 Å². The number of hydrogen-bond donors (Lipinski definition) is 0. The molecule has 0 bridgehead atoms. The lowest BCUT2D eigenvalue weighted by molar-refractivity contribution is 1.19. The Labute approximate surface area is 297 Å². The molecule has 0 atom stereocenters. The third-order valence-corrected chi connectivity index (χ3v) is 11.4. The van der Waals surface area contributed by atoms with E-state index in [1.807, 2.05) is 28.7 Å². The number of aromatic nitrogens is 2. The molecule has 3 nitrogen and oxygen atoms in total. The number of rotatable bonds is 2. The number of nitrogens with zero attached hydrogens (tertiary/aromatic N) is 2. The molecule has 0 radical (unpaired) electrons. The molecule has 0 saturated heterocycles. The largest absolute Gasteiger partial charge is 0.309 e. The second-order valence-electron chi connectivity index (χ2n) is 14.0. The smallest absolute Gasteiger partial charge is 0.263 e. The Balaban J connectivity index is 1.19. The molecular weight excluding hydrogens is 633 g/mol. The van der Waals surface area contributed by atoms with Gasteiger partial charge in [-0.2, -0.15) is 0 Å². The van der Waals surface area contributed by atoms with Gasteiger partial charge in [-0.15, -0.1) is 0 Å². The predicted molar refractivity (Wildman–Crippen MR) is 220 cm³/mol. The van der Waals surface area contributed by atoms with Gasteiger partial charge in [-0.1, -0.05) is 115 Å². The first kappa shape index (κ1) is 27.8. The fourth-order valence-electron chi connectivity index (χ4n) is 9.17. The average molecular weight is 661 g/mol. The highest BCUT2D eigenvalue weighted by atomic mass is 16.1. The molecule has 0 fully saturated rings. The minimum absolute atomic E-state index is 0.0326. The lowest BCUT2D eigenvalue weighted by Crippen LogP contribution is -2.12. The highest BCUT2D eigenvalue weighted by Crippen LogP contribution is 2.42. The lowest BCUT2D eigenvalue weighted by atomic mass is 9.91. The maximum Gasteiger partial charge on any atom is 0.263 e. The van der Waals surface area contributed by atoms with Gasteiger partial charge in [0, 0.05) is 38.0 Å². The summed E-state index contributed by atoms with van der Waals surface area (Å²) in [7, 11) is 0. The molecule has 0 spiro atoms. The number of para-hydroxylation sites is 3. The number of fused-ring (bicyclic) bond motifs is 14. The van der Waals surface area contributed by atoms with Crippen molar-refractivity contribution in [3.8, 4) is 16.8 Å². The average Bonchev–Trinajstić information content (AvgIpc) is 3.73. The second-order valence-corrected chi connectivity index (χ2v) is 14.0. The number of pyridine rings is 1. The highest BCUT2D eigenvalue weighted by Gasteiger charge is 2.19. The third-order valence-electron chi connectivity index (χ3n) is 11.4. The van der Waals surface area contributed by atoms with E-state index in [0.717, 1.165) is 54.8 Å². The fraction of sp³-hybridized carbons (Fsp3) is 0. The van der Waals surface area contributed by atoms with Crippen molar-refractivity contribution >= 4 is 92.1 Å². The molecule has 0 unspecified atom stereocenters. The normalized spacial score (nSPS) is 12.3. The lowest BCUT2D eigenvalue weighted by Gasteiger charge is -2.15. The summed E-state index contributed by atoms with van der Waals surface area (Å²) in [6.45, 7) is 0. The Kier molecular flexibility index (Phi) is 5.38. The Morgan fingerprint density at radius 1 is 0.308 bits per heavy atom. The first-order valence-electron chi connectivity index (χ1n) is 17.8. The van der Waals surface area contributed by atoms with Crippen LogP contribution in [0.2, 0.25) is 0 Å². The SMILES string of the molecule is O=c1c2ccccc2c2cc(-c3ccc4c5ccccc5c5ccc(-n6c7ccccc7c7ccccc76)cc5c4c3)cc3c4ccccc4n1c23. The van der Waals surface area contributed by atoms with Gasteiger partial charge in [0.1, 0.15) is 0 Å². The van der Waals surface area contributed by atoms with Crippen molar-refractivity contribution in [2.75, 3.05) is 0 Å². The minimum atomic E-state index is 0.0326. The quantitative estimate of drug-likeness (QED) is 0.170. The van der Waals surface area contributed by atoms with Crippen molar-refractivity contribution in [3.05, 3.63) is 180 Å². The van der Waals surface area contributed by atoms with E-state index in [1.54, 1.807) is 0 Å². The first-order chi connectivity index (χ1) is 25.7. The Morgan fingerprint density at radius 3 is 1.37 bits per heavy atom. The van der Waals surface area contributed by atoms with Crippen molar-refractivity contribution in [2.24, 2.45) is 0 Å². The van der Waals surface area contributed by atoms with Crippen LogP contribution in [-0.4, -0.2) is 8.97 Å². The number of hydrogen-bond acceptors (Lipinski definition) is 1. The summed E-state index contributed by atoms with van der Waals surface area (Å²) in [4.78, 5) is 13.9. The standard InChI is InChI=1S/C49H28N2O/c52-49-40-17-4-3-13-34(40)43-26-30(27-44-39-16-7-10-20-47(39)51(49)48(43)44)29-21-23-35-32-11-1-2-12-33(32)36-24-22-31(28-42(36)41(35)25-29)50-45-18-8-5-14-37(45)38-15-6-9-19-46(38)50/h1-28H. The Hall–Kier alpha value is -6.97. The van der Waals surface area contributed by atoms with Gasteiger partial charge in [0.15, 0.2) is 0 Å². The van der Waals surface area contributed by atoms with Gasteiger partial charge in [0.25, 0.3) is 5.56 Å². The van der Waals surface area contributed by atoms with E-state index in [1.165, 1.54) is 54.1 Å². The van der Waals surface area contributed by atoms with Gasteiger partial charge >= 0.3 is 0 Å². The van der Waals surface area contributed by atoms with Crippen LogP contribution in [0.5, 0.6) is 0 Å². The molecule has 0 aliphatic carbocycles. The fourth-order valence-corrected chi connectivity index (χ4v) is 9.17. The van der Waals surface area contributed by atoms with Gasteiger partial charge in [-0.05, 0) is 103 Å². The topological polar surface area (TPSA) is 26.4 Å². The van der Waals surface area contributed by atoms with E-state index in [-0.39, 0.29) is 5.56 Å². The van der Waals surface area contributed by atoms with Gasteiger partial charge in [-0.25, -0.2) is 0 Å². The van der Waals surface area contributed by atoms with Crippen LogP contribution in [0, 0.1) is 0 Å². The minimum Gasteiger partial charge on any atom is -0.309 e. The van der Waals surface area contributed by atoms with Crippen LogP contribution in [0.1, 0.15) is 0 Å². The van der Waals surface area contributed by atoms with E-state index in [4.69, 9.17) is 0 Å². The molecule has 3 heteroatoms. The zero-order valence-electron chi connectivity index (χ0n) is 28.0. The summed E-state index contributed by atoms with van der Waals surface area (Å²) < 4.78 is 4.32. The van der Waals surface area contributed by atoms with E-state index >= 15 is 0 Å².